The SMILES string of the molecule is Cc1ccc(C(CNC(=O)C2CC3CCC2C3)N2CCOCC2)o1. The van der Waals surface area contributed by atoms with Gasteiger partial charge >= 0.3 is 0 Å². The maximum absolute atomic E-state index is 12.7. The summed E-state index contributed by atoms with van der Waals surface area (Å²) in [6.07, 6.45) is 4.94. The average Bonchev–Trinajstić information content (AvgIpc) is 3.33. The number of furan rings is 1. The molecular formula is C19H28N2O3. The number of nitrogens with zero attached hydrogens (tertiary/aromatic N) is 1. The van der Waals surface area contributed by atoms with E-state index >= 15 is 0 Å². The second-order valence-corrected chi connectivity index (χ2v) is 7.64. The van der Waals surface area contributed by atoms with Gasteiger partial charge in [-0.1, -0.05) is 6.42 Å². The van der Waals surface area contributed by atoms with Gasteiger partial charge in [0.25, 0.3) is 0 Å². The number of amides is 1. The van der Waals surface area contributed by atoms with Gasteiger partial charge in [-0.2, -0.15) is 0 Å². The number of hydrogen-bond acceptors (Lipinski definition) is 4. The van der Waals surface area contributed by atoms with Crippen LogP contribution in [-0.2, 0) is 9.53 Å². The molecule has 1 amide bonds. The van der Waals surface area contributed by atoms with Gasteiger partial charge in [0, 0.05) is 25.6 Å². The minimum Gasteiger partial charge on any atom is -0.465 e. The summed E-state index contributed by atoms with van der Waals surface area (Å²) in [7, 11) is 0. The van der Waals surface area contributed by atoms with Crippen LogP contribution in [0.2, 0.25) is 0 Å². The molecule has 2 bridgehead atoms. The van der Waals surface area contributed by atoms with Crippen LogP contribution < -0.4 is 5.32 Å². The van der Waals surface area contributed by atoms with Crippen LogP contribution in [0.5, 0.6) is 0 Å². The second-order valence-electron chi connectivity index (χ2n) is 7.64. The third kappa shape index (κ3) is 3.24. The lowest BCUT2D eigenvalue weighted by atomic mass is 9.88. The van der Waals surface area contributed by atoms with Crippen molar-refractivity contribution < 1.29 is 13.9 Å². The minimum absolute atomic E-state index is 0.102. The van der Waals surface area contributed by atoms with E-state index < -0.39 is 0 Å². The third-order valence-corrected chi connectivity index (χ3v) is 6.12. The van der Waals surface area contributed by atoms with E-state index in [2.05, 4.69) is 10.2 Å². The minimum atomic E-state index is 0.102. The second kappa shape index (κ2) is 6.89. The highest BCUT2D eigenvalue weighted by molar-refractivity contribution is 5.79. The average molecular weight is 332 g/mol. The van der Waals surface area contributed by atoms with E-state index in [1.54, 1.807) is 0 Å². The maximum atomic E-state index is 12.7. The predicted molar refractivity (Wildman–Crippen MR) is 90.5 cm³/mol. The van der Waals surface area contributed by atoms with E-state index in [4.69, 9.17) is 9.15 Å². The van der Waals surface area contributed by atoms with Gasteiger partial charge < -0.3 is 14.5 Å². The van der Waals surface area contributed by atoms with Gasteiger partial charge in [-0.3, -0.25) is 9.69 Å². The monoisotopic (exact) mass is 332 g/mol. The normalized spacial score (nSPS) is 31.3. The van der Waals surface area contributed by atoms with E-state index in [1.807, 2.05) is 19.1 Å². The summed E-state index contributed by atoms with van der Waals surface area (Å²) in [6.45, 7) is 5.85. The van der Waals surface area contributed by atoms with Gasteiger partial charge in [0.15, 0.2) is 0 Å². The molecule has 0 aromatic carbocycles. The van der Waals surface area contributed by atoms with Crippen molar-refractivity contribution in [2.24, 2.45) is 17.8 Å². The van der Waals surface area contributed by atoms with E-state index in [0.717, 1.165) is 50.2 Å². The summed E-state index contributed by atoms with van der Waals surface area (Å²) in [5.41, 5.74) is 0. The Morgan fingerprint density at radius 2 is 2.12 bits per heavy atom. The number of rotatable bonds is 5. The van der Waals surface area contributed by atoms with Crippen molar-refractivity contribution in [3.05, 3.63) is 23.7 Å². The Morgan fingerprint density at radius 1 is 1.29 bits per heavy atom. The number of carbonyl (C=O) groups excluding carboxylic acids is 1. The molecule has 5 heteroatoms. The third-order valence-electron chi connectivity index (χ3n) is 6.12. The van der Waals surface area contributed by atoms with Gasteiger partial charge in [-0.05, 0) is 50.2 Å². The van der Waals surface area contributed by atoms with Crippen LogP contribution in [0, 0.1) is 24.7 Å². The highest BCUT2D eigenvalue weighted by Gasteiger charge is 2.43. The zero-order valence-electron chi connectivity index (χ0n) is 14.5. The van der Waals surface area contributed by atoms with Gasteiger partial charge in [-0.15, -0.1) is 0 Å². The van der Waals surface area contributed by atoms with Gasteiger partial charge in [-0.25, -0.2) is 0 Å². The van der Waals surface area contributed by atoms with Crippen molar-refractivity contribution in [1.82, 2.24) is 10.2 Å². The molecule has 2 saturated carbocycles. The van der Waals surface area contributed by atoms with Crippen LogP contribution in [0.4, 0.5) is 0 Å². The number of fused-ring (bicyclic) bond motifs is 2. The van der Waals surface area contributed by atoms with Crippen molar-refractivity contribution in [1.29, 1.82) is 0 Å². The van der Waals surface area contributed by atoms with Crippen LogP contribution in [0.1, 0.15) is 43.2 Å². The quantitative estimate of drug-likeness (QED) is 0.900. The van der Waals surface area contributed by atoms with Crippen LogP contribution in [-0.4, -0.2) is 43.7 Å². The van der Waals surface area contributed by atoms with E-state index in [0.29, 0.717) is 12.5 Å². The highest BCUT2D eigenvalue weighted by Crippen LogP contribution is 2.48. The zero-order chi connectivity index (χ0) is 16.5. The predicted octanol–water partition coefficient (Wildman–Crippen LogP) is 2.51. The Balaban J connectivity index is 1.40. The lowest BCUT2D eigenvalue weighted by molar-refractivity contribution is -0.126. The number of carbonyl (C=O) groups is 1. The molecule has 0 radical (unpaired) electrons. The Morgan fingerprint density at radius 3 is 2.75 bits per heavy atom. The Hall–Kier alpha value is -1.33. The number of aryl methyl sites for hydroxylation is 1. The number of morpholine rings is 1. The van der Waals surface area contributed by atoms with Gasteiger partial charge in [0.2, 0.25) is 5.91 Å². The fourth-order valence-electron chi connectivity index (χ4n) is 4.83. The topological polar surface area (TPSA) is 54.7 Å². The van der Waals surface area contributed by atoms with Crippen LogP contribution in [0.15, 0.2) is 16.5 Å². The molecule has 0 spiro atoms. The van der Waals surface area contributed by atoms with Crippen LogP contribution >= 0.6 is 0 Å². The maximum Gasteiger partial charge on any atom is 0.223 e. The van der Waals surface area contributed by atoms with Crippen molar-refractivity contribution in [2.75, 3.05) is 32.8 Å². The molecule has 3 aliphatic rings. The van der Waals surface area contributed by atoms with E-state index in [1.165, 1.54) is 19.3 Å². The van der Waals surface area contributed by atoms with Crippen LogP contribution in [0.25, 0.3) is 0 Å². The van der Waals surface area contributed by atoms with Gasteiger partial charge in [0.1, 0.15) is 11.5 Å². The molecule has 1 aliphatic heterocycles. The first-order valence-corrected chi connectivity index (χ1v) is 9.36. The summed E-state index contributed by atoms with van der Waals surface area (Å²) in [5, 5.41) is 3.23. The number of hydrogen-bond donors (Lipinski definition) is 1. The van der Waals surface area contributed by atoms with E-state index in [9.17, 15) is 4.79 Å². The Bertz CT molecular complexity index is 579. The molecule has 1 N–H and O–H groups in total. The molecule has 1 aromatic heterocycles. The van der Waals surface area contributed by atoms with Gasteiger partial charge in [0.05, 0.1) is 19.3 Å². The van der Waals surface area contributed by atoms with Crippen molar-refractivity contribution in [3.8, 4) is 0 Å². The fourth-order valence-corrected chi connectivity index (χ4v) is 4.83. The molecule has 1 saturated heterocycles. The molecule has 2 heterocycles. The van der Waals surface area contributed by atoms with Crippen molar-refractivity contribution in [2.45, 2.75) is 38.6 Å². The lowest BCUT2D eigenvalue weighted by Crippen LogP contribution is -2.45. The molecule has 3 fully saturated rings. The summed E-state index contributed by atoms with van der Waals surface area (Å²) in [5.74, 6) is 3.79. The molecule has 2 aliphatic carbocycles. The zero-order valence-corrected chi connectivity index (χ0v) is 14.5. The summed E-state index contributed by atoms with van der Waals surface area (Å²) in [6, 6.07) is 4.14. The first kappa shape index (κ1) is 16.2. The summed E-state index contributed by atoms with van der Waals surface area (Å²) >= 11 is 0. The molecule has 5 nitrogen and oxygen atoms in total. The molecule has 4 unspecified atom stereocenters. The molecule has 24 heavy (non-hydrogen) atoms. The lowest BCUT2D eigenvalue weighted by Gasteiger charge is -2.34. The first-order chi connectivity index (χ1) is 11.7. The number of nitrogens with one attached hydrogen (secondary N) is 1. The Labute approximate surface area is 143 Å². The standard InChI is InChI=1S/C19H28N2O3/c1-13-2-5-18(24-13)17(21-6-8-23-9-7-21)12-20-19(22)16-11-14-3-4-15(16)10-14/h2,5,14-17H,3-4,6-12H2,1H3,(H,20,22). The van der Waals surface area contributed by atoms with Crippen LogP contribution in [0.3, 0.4) is 0 Å². The fraction of sp³-hybridized carbons (Fsp3) is 0.737. The molecule has 1 aromatic rings. The largest absolute Gasteiger partial charge is 0.465 e. The first-order valence-electron chi connectivity index (χ1n) is 9.36. The highest BCUT2D eigenvalue weighted by atomic mass is 16.5. The van der Waals surface area contributed by atoms with E-state index in [-0.39, 0.29) is 17.9 Å². The van der Waals surface area contributed by atoms with Crippen molar-refractivity contribution in [3.63, 3.8) is 0 Å². The molecule has 132 valence electrons. The van der Waals surface area contributed by atoms with Crippen molar-refractivity contribution >= 4 is 5.91 Å². The molecular weight excluding hydrogens is 304 g/mol. The summed E-state index contributed by atoms with van der Waals surface area (Å²) in [4.78, 5) is 15.0. The Kier molecular flexibility index (Phi) is 4.63. The molecule has 4 rings (SSSR count). The number of ether oxygens (including phenoxy) is 1. The summed E-state index contributed by atoms with van der Waals surface area (Å²) < 4.78 is 11.3. The molecule has 4 atom stereocenters. The smallest absolute Gasteiger partial charge is 0.223 e.